The van der Waals surface area contributed by atoms with Crippen molar-refractivity contribution in [3.05, 3.63) is 35.4 Å². The zero-order valence-corrected chi connectivity index (χ0v) is 7.09. The van der Waals surface area contributed by atoms with Gasteiger partial charge in [0, 0.05) is 6.07 Å². The van der Waals surface area contributed by atoms with Crippen LogP contribution >= 0.6 is 0 Å². The molecule has 13 heavy (non-hydrogen) atoms. The first kappa shape index (κ1) is 10.1. The van der Waals surface area contributed by atoms with Crippen LogP contribution in [0.25, 0.3) is 0 Å². The molecule has 0 aromatic heterocycles. The molecular weight excluding hydrogens is 176 g/mol. The molecule has 0 saturated heterocycles. The molecule has 0 bridgehead atoms. The molecular formula is C9H11F2NO. The lowest BCUT2D eigenvalue weighted by Gasteiger charge is -2.01. The first-order valence-electron chi connectivity index (χ1n) is 3.99. The van der Waals surface area contributed by atoms with Gasteiger partial charge in [-0.05, 0) is 24.5 Å². The van der Waals surface area contributed by atoms with Crippen LogP contribution in [-0.2, 0) is 11.3 Å². The summed E-state index contributed by atoms with van der Waals surface area (Å²) in [6, 6.07) is 3.54. The van der Waals surface area contributed by atoms with Crippen molar-refractivity contribution < 1.29 is 13.6 Å². The van der Waals surface area contributed by atoms with Gasteiger partial charge in [-0.3, -0.25) is 0 Å². The van der Waals surface area contributed by atoms with Crippen LogP contribution in [0.4, 0.5) is 8.78 Å². The van der Waals surface area contributed by atoms with Gasteiger partial charge < -0.3 is 4.84 Å². The zero-order valence-electron chi connectivity index (χ0n) is 7.09. The van der Waals surface area contributed by atoms with E-state index in [0.29, 0.717) is 25.0 Å². The third kappa shape index (κ3) is 3.08. The summed E-state index contributed by atoms with van der Waals surface area (Å²) >= 11 is 0. The molecule has 0 fully saturated rings. The van der Waals surface area contributed by atoms with Crippen LogP contribution in [0.15, 0.2) is 18.2 Å². The highest BCUT2D eigenvalue weighted by Crippen LogP contribution is 2.11. The molecule has 1 rings (SSSR count). The van der Waals surface area contributed by atoms with Gasteiger partial charge in [-0.15, -0.1) is 0 Å². The van der Waals surface area contributed by atoms with Crippen LogP contribution in [0.5, 0.6) is 0 Å². The summed E-state index contributed by atoms with van der Waals surface area (Å²) in [5.74, 6) is 3.73. The molecule has 0 heterocycles. The molecule has 0 aliphatic rings. The SMILES string of the molecule is NOCCCc1ccc(F)cc1F. The summed E-state index contributed by atoms with van der Waals surface area (Å²) in [4.78, 5) is 4.33. The minimum Gasteiger partial charge on any atom is -0.305 e. The van der Waals surface area contributed by atoms with E-state index in [1.807, 2.05) is 0 Å². The van der Waals surface area contributed by atoms with Crippen molar-refractivity contribution in [1.82, 2.24) is 0 Å². The van der Waals surface area contributed by atoms with Gasteiger partial charge in [-0.25, -0.2) is 14.7 Å². The van der Waals surface area contributed by atoms with E-state index in [0.717, 1.165) is 6.07 Å². The molecule has 0 spiro atoms. The van der Waals surface area contributed by atoms with Gasteiger partial charge in [0.25, 0.3) is 0 Å². The molecule has 0 radical (unpaired) electrons. The summed E-state index contributed by atoms with van der Waals surface area (Å²) in [7, 11) is 0. The Morgan fingerprint density at radius 1 is 1.31 bits per heavy atom. The third-order valence-electron chi connectivity index (χ3n) is 1.72. The number of hydrogen-bond donors (Lipinski definition) is 1. The molecule has 2 N–H and O–H groups in total. The van der Waals surface area contributed by atoms with E-state index in [-0.39, 0.29) is 0 Å². The van der Waals surface area contributed by atoms with Crippen LogP contribution in [0.3, 0.4) is 0 Å². The molecule has 0 unspecified atom stereocenters. The van der Waals surface area contributed by atoms with E-state index >= 15 is 0 Å². The average Bonchev–Trinajstić information content (AvgIpc) is 2.09. The quantitative estimate of drug-likeness (QED) is 0.576. The van der Waals surface area contributed by atoms with E-state index < -0.39 is 11.6 Å². The molecule has 4 heteroatoms. The number of halogens is 2. The Hall–Kier alpha value is -1.00. The molecule has 0 aliphatic heterocycles. The highest BCUT2D eigenvalue weighted by atomic mass is 19.1. The Morgan fingerprint density at radius 3 is 2.69 bits per heavy atom. The fourth-order valence-corrected chi connectivity index (χ4v) is 1.07. The van der Waals surface area contributed by atoms with Crippen LogP contribution in [0, 0.1) is 11.6 Å². The van der Waals surface area contributed by atoms with E-state index in [2.05, 4.69) is 4.84 Å². The van der Waals surface area contributed by atoms with Gasteiger partial charge in [0.15, 0.2) is 0 Å². The second kappa shape index (κ2) is 4.89. The van der Waals surface area contributed by atoms with Crippen molar-refractivity contribution in [1.29, 1.82) is 0 Å². The Balaban J connectivity index is 2.56. The topological polar surface area (TPSA) is 35.2 Å². The number of nitrogens with two attached hydrogens (primary N) is 1. The van der Waals surface area contributed by atoms with E-state index in [9.17, 15) is 8.78 Å². The van der Waals surface area contributed by atoms with Crippen molar-refractivity contribution >= 4 is 0 Å². The largest absolute Gasteiger partial charge is 0.305 e. The first-order valence-corrected chi connectivity index (χ1v) is 3.99. The van der Waals surface area contributed by atoms with Crippen LogP contribution in [0.2, 0.25) is 0 Å². The van der Waals surface area contributed by atoms with Gasteiger partial charge in [0.2, 0.25) is 0 Å². The maximum atomic E-state index is 13.0. The summed E-state index contributed by atoms with van der Waals surface area (Å²) in [6.45, 7) is 0.372. The van der Waals surface area contributed by atoms with Crippen molar-refractivity contribution in [3.8, 4) is 0 Å². The highest BCUT2D eigenvalue weighted by Gasteiger charge is 2.02. The lowest BCUT2D eigenvalue weighted by atomic mass is 10.1. The zero-order chi connectivity index (χ0) is 9.68. The molecule has 0 aliphatic carbocycles. The second-order valence-electron chi connectivity index (χ2n) is 2.71. The normalized spacial score (nSPS) is 10.4. The molecule has 72 valence electrons. The standard InChI is InChI=1S/C9H11F2NO/c10-8-4-3-7(9(11)6-8)2-1-5-13-12/h3-4,6H,1-2,5,12H2. The molecule has 0 amide bonds. The third-order valence-corrected chi connectivity index (χ3v) is 1.72. The van der Waals surface area contributed by atoms with Gasteiger partial charge in [-0.2, -0.15) is 0 Å². The molecule has 0 saturated carbocycles. The summed E-state index contributed by atoms with van der Waals surface area (Å²) in [6.07, 6.45) is 1.13. The monoisotopic (exact) mass is 187 g/mol. The van der Waals surface area contributed by atoms with Crippen LogP contribution in [-0.4, -0.2) is 6.61 Å². The van der Waals surface area contributed by atoms with Crippen molar-refractivity contribution in [2.24, 2.45) is 5.90 Å². The molecule has 0 atom stereocenters. The second-order valence-corrected chi connectivity index (χ2v) is 2.71. The van der Waals surface area contributed by atoms with Crippen LogP contribution < -0.4 is 5.90 Å². The predicted octanol–water partition coefficient (Wildman–Crippen LogP) is 1.79. The van der Waals surface area contributed by atoms with E-state index in [4.69, 9.17) is 5.90 Å². The Kier molecular flexibility index (Phi) is 3.79. The average molecular weight is 187 g/mol. The summed E-state index contributed by atoms with van der Waals surface area (Å²) < 4.78 is 25.4. The number of hydrogen-bond acceptors (Lipinski definition) is 2. The number of benzene rings is 1. The molecule has 1 aromatic carbocycles. The highest BCUT2D eigenvalue weighted by molar-refractivity contribution is 5.18. The Labute approximate surface area is 75.3 Å². The van der Waals surface area contributed by atoms with E-state index in [1.165, 1.54) is 12.1 Å². The lowest BCUT2D eigenvalue weighted by molar-refractivity contribution is 0.135. The maximum absolute atomic E-state index is 13.0. The summed E-state index contributed by atoms with van der Waals surface area (Å²) in [5, 5.41) is 0. The van der Waals surface area contributed by atoms with Gasteiger partial charge in [-0.1, -0.05) is 6.07 Å². The van der Waals surface area contributed by atoms with Gasteiger partial charge >= 0.3 is 0 Å². The summed E-state index contributed by atoms with van der Waals surface area (Å²) in [5.41, 5.74) is 0.485. The predicted molar refractivity (Wildman–Crippen MR) is 44.8 cm³/mol. The Bertz CT molecular complexity index is 278. The maximum Gasteiger partial charge on any atom is 0.129 e. The van der Waals surface area contributed by atoms with Crippen molar-refractivity contribution in [2.45, 2.75) is 12.8 Å². The minimum atomic E-state index is -0.559. The van der Waals surface area contributed by atoms with Gasteiger partial charge in [0.05, 0.1) is 6.61 Å². The Morgan fingerprint density at radius 2 is 2.08 bits per heavy atom. The first-order chi connectivity index (χ1) is 6.24. The fourth-order valence-electron chi connectivity index (χ4n) is 1.07. The van der Waals surface area contributed by atoms with E-state index in [1.54, 1.807) is 0 Å². The number of aryl methyl sites for hydroxylation is 1. The van der Waals surface area contributed by atoms with Crippen molar-refractivity contribution in [2.75, 3.05) is 6.61 Å². The fraction of sp³-hybridized carbons (Fsp3) is 0.333. The smallest absolute Gasteiger partial charge is 0.129 e. The molecule has 2 nitrogen and oxygen atoms in total. The molecule has 1 aromatic rings. The van der Waals surface area contributed by atoms with Crippen LogP contribution in [0.1, 0.15) is 12.0 Å². The number of rotatable bonds is 4. The van der Waals surface area contributed by atoms with Gasteiger partial charge in [0.1, 0.15) is 11.6 Å². The minimum absolute atomic E-state index is 0.372. The lowest BCUT2D eigenvalue weighted by Crippen LogP contribution is -2.02. The van der Waals surface area contributed by atoms with Crippen molar-refractivity contribution in [3.63, 3.8) is 0 Å².